The predicted molar refractivity (Wildman–Crippen MR) is 230 cm³/mol. The summed E-state index contributed by atoms with van der Waals surface area (Å²) in [6.07, 6.45) is 0. The van der Waals surface area contributed by atoms with Crippen LogP contribution in [0, 0.1) is 0 Å². The Balaban J connectivity index is 1.25. The minimum Gasteiger partial charge on any atom is -0.0619 e. The van der Waals surface area contributed by atoms with Gasteiger partial charge < -0.3 is 0 Å². The molecule has 0 heteroatoms. The molecule has 9 aromatic carbocycles. The Morgan fingerprint density at radius 3 is 1.56 bits per heavy atom. The fourth-order valence-electron chi connectivity index (χ4n) is 10.2. The van der Waals surface area contributed by atoms with Crippen molar-refractivity contribution in [3.8, 4) is 55.6 Å². The molecule has 0 N–H and O–H groups in total. The normalized spacial score (nSPS) is 14.6. The van der Waals surface area contributed by atoms with Crippen LogP contribution >= 0.6 is 0 Å². The minimum absolute atomic E-state index is 0.0630. The van der Waals surface area contributed by atoms with E-state index in [1.54, 1.807) is 0 Å². The van der Waals surface area contributed by atoms with E-state index in [2.05, 4.69) is 198 Å². The van der Waals surface area contributed by atoms with E-state index in [1.165, 1.54) is 110 Å². The van der Waals surface area contributed by atoms with Gasteiger partial charge in [0, 0.05) is 10.8 Å². The topological polar surface area (TPSA) is 0 Å². The van der Waals surface area contributed by atoms with Gasteiger partial charge in [0.2, 0.25) is 0 Å². The van der Waals surface area contributed by atoms with Crippen molar-refractivity contribution in [3.05, 3.63) is 192 Å². The summed E-state index contributed by atoms with van der Waals surface area (Å²) in [6, 6.07) is 64.1. The Bertz CT molecular complexity index is 3040. The van der Waals surface area contributed by atoms with Gasteiger partial charge in [0.05, 0.1) is 0 Å². The van der Waals surface area contributed by atoms with E-state index < -0.39 is 0 Å². The Labute approximate surface area is 317 Å². The second-order valence-corrected chi connectivity index (χ2v) is 16.4. The highest BCUT2D eigenvalue weighted by Gasteiger charge is 2.38. The Kier molecular flexibility index (Phi) is 6.46. The standard InChI is InChI=1S/C54H40/c1-53(2)47-25-12-10-21-43(47)52-44(23-14-26-48(52)53)51-41-20-8-7-19-40(41)50(39-22-13-16-33-15-5-6-17-36(33)39)42-30-28-34(31-45(42)51)35-27-29-38-37-18-9-11-24-46(37)54(3,4)49(38)32-35/h5-32H,1-4H3. The van der Waals surface area contributed by atoms with Gasteiger partial charge in [-0.25, -0.2) is 0 Å². The van der Waals surface area contributed by atoms with E-state index in [4.69, 9.17) is 0 Å². The maximum absolute atomic E-state index is 2.49. The first kappa shape index (κ1) is 31.3. The molecular weight excluding hydrogens is 649 g/mol. The molecule has 0 aliphatic heterocycles. The molecule has 9 aromatic rings. The molecule has 0 nitrogen and oxygen atoms in total. The molecule has 0 heterocycles. The molecule has 0 aromatic heterocycles. The first-order valence-corrected chi connectivity index (χ1v) is 19.3. The van der Waals surface area contributed by atoms with Gasteiger partial charge in [-0.15, -0.1) is 0 Å². The van der Waals surface area contributed by atoms with Gasteiger partial charge in [-0.05, 0) is 122 Å². The molecular formula is C54H40. The van der Waals surface area contributed by atoms with Crippen molar-refractivity contribution in [2.75, 3.05) is 0 Å². The molecule has 0 spiro atoms. The third kappa shape index (κ3) is 4.20. The lowest BCUT2D eigenvalue weighted by Gasteiger charge is -2.23. The zero-order valence-corrected chi connectivity index (χ0v) is 31.2. The second-order valence-electron chi connectivity index (χ2n) is 16.4. The highest BCUT2D eigenvalue weighted by atomic mass is 14.4. The van der Waals surface area contributed by atoms with Crippen LogP contribution in [0.2, 0.25) is 0 Å². The molecule has 2 aliphatic carbocycles. The summed E-state index contributed by atoms with van der Waals surface area (Å²) in [7, 11) is 0. The number of benzene rings is 9. The zero-order valence-electron chi connectivity index (χ0n) is 31.2. The number of fused-ring (bicyclic) bond motifs is 9. The first-order chi connectivity index (χ1) is 26.3. The van der Waals surface area contributed by atoms with Crippen molar-refractivity contribution >= 4 is 32.3 Å². The molecule has 54 heavy (non-hydrogen) atoms. The van der Waals surface area contributed by atoms with Crippen LogP contribution in [-0.4, -0.2) is 0 Å². The molecule has 0 saturated heterocycles. The van der Waals surface area contributed by atoms with Crippen LogP contribution in [0.5, 0.6) is 0 Å². The molecule has 0 unspecified atom stereocenters. The SMILES string of the molecule is CC1(C)c2ccccc2-c2ccc(-c3ccc4c(-c5cccc6ccccc56)c5ccccc5c(-c5cccc6c5-c5ccccc5C6(C)C)c4c3)cc21. The van der Waals surface area contributed by atoms with E-state index in [0.29, 0.717) is 0 Å². The maximum atomic E-state index is 2.49. The lowest BCUT2D eigenvalue weighted by atomic mass is 9.80. The zero-order chi connectivity index (χ0) is 36.3. The lowest BCUT2D eigenvalue weighted by molar-refractivity contribution is 0.660. The number of hydrogen-bond donors (Lipinski definition) is 0. The van der Waals surface area contributed by atoms with Gasteiger partial charge in [0.1, 0.15) is 0 Å². The Morgan fingerprint density at radius 2 is 0.759 bits per heavy atom. The molecule has 11 rings (SSSR count). The Hall–Kier alpha value is -6.24. The average Bonchev–Trinajstić information content (AvgIpc) is 3.59. The number of hydrogen-bond acceptors (Lipinski definition) is 0. The summed E-state index contributed by atoms with van der Waals surface area (Å²) >= 11 is 0. The molecule has 0 fully saturated rings. The average molecular weight is 689 g/mol. The van der Waals surface area contributed by atoms with Crippen molar-refractivity contribution in [1.82, 2.24) is 0 Å². The highest BCUT2D eigenvalue weighted by Crippen LogP contribution is 2.55. The summed E-state index contributed by atoms with van der Waals surface area (Å²) < 4.78 is 0. The minimum atomic E-state index is -0.0869. The van der Waals surface area contributed by atoms with Crippen LogP contribution in [0.1, 0.15) is 49.9 Å². The summed E-state index contributed by atoms with van der Waals surface area (Å²) in [5.41, 5.74) is 18.6. The van der Waals surface area contributed by atoms with E-state index >= 15 is 0 Å². The second kappa shape index (κ2) is 11.1. The highest BCUT2D eigenvalue weighted by molar-refractivity contribution is 6.25. The molecule has 2 aliphatic rings. The maximum Gasteiger partial charge on any atom is 0.0159 e. The van der Waals surface area contributed by atoms with Crippen LogP contribution in [0.15, 0.2) is 170 Å². The van der Waals surface area contributed by atoms with Gasteiger partial charge >= 0.3 is 0 Å². The molecule has 0 saturated carbocycles. The third-order valence-electron chi connectivity index (χ3n) is 12.9. The quantitative estimate of drug-likeness (QED) is 0.162. The molecule has 256 valence electrons. The molecule has 0 atom stereocenters. The third-order valence-corrected chi connectivity index (χ3v) is 12.9. The van der Waals surface area contributed by atoms with Crippen LogP contribution < -0.4 is 0 Å². The summed E-state index contributed by atoms with van der Waals surface area (Å²) in [5, 5.41) is 7.67. The fraction of sp³-hybridized carbons (Fsp3) is 0.111. The monoisotopic (exact) mass is 688 g/mol. The van der Waals surface area contributed by atoms with Crippen molar-refractivity contribution in [2.45, 2.75) is 38.5 Å². The Morgan fingerprint density at radius 1 is 0.278 bits per heavy atom. The predicted octanol–water partition coefficient (Wildman–Crippen LogP) is 14.8. The van der Waals surface area contributed by atoms with Crippen molar-refractivity contribution in [2.24, 2.45) is 0 Å². The van der Waals surface area contributed by atoms with Crippen LogP contribution in [0.3, 0.4) is 0 Å². The fourth-order valence-corrected chi connectivity index (χ4v) is 10.2. The van der Waals surface area contributed by atoms with E-state index in [9.17, 15) is 0 Å². The van der Waals surface area contributed by atoms with Crippen LogP contribution in [0.25, 0.3) is 88.0 Å². The van der Waals surface area contributed by atoms with E-state index in [1.807, 2.05) is 0 Å². The van der Waals surface area contributed by atoms with Gasteiger partial charge in [-0.2, -0.15) is 0 Å². The summed E-state index contributed by atoms with van der Waals surface area (Å²) in [6.45, 7) is 9.51. The smallest absolute Gasteiger partial charge is 0.0159 e. The largest absolute Gasteiger partial charge is 0.0619 e. The van der Waals surface area contributed by atoms with E-state index in [-0.39, 0.29) is 10.8 Å². The number of rotatable bonds is 3. The summed E-state index contributed by atoms with van der Waals surface area (Å²) in [4.78, 5) is 0. The van der Waals surface area contributed by atoms with Gasteiger partial charge in [0.15, 0.2) is 0 Å². The molecule has 0 bridgehead atoms. The van der Waals surface area contributed by atoms with Crippen LogP contribution in [0.4, 0.5) is 0 Å². The van der Waals surface area contributed by atoms with Gasteiger partial charge in [-0.1, -0.05) is 185 Å². The van der Waals surface area contributed by atoms with Gasteiger partial charge in [-0.3, -0.25) is 0 Å². The first-order valence-electron chi connectivity index (χ1n) is 19.3. The van der Waals surface area contributed by atoms with Crippen molar-refractivity contribution in [1.29, 1.82) is 0 Å². The van der Waals surface area contributed by atoms with E-state index in [0.717, 1.165) is 0 Å². The summed E-state index contributed by atoms with van der Waals surface area (Å²) in [5.74, 6) is 0. The molecule has 0 radical (unpaired) electrons. The van der Waals surface area contributed by atoms with Crippen LogP contribution in [-0.2, 0) is 10.8 Å². The van der Waals surface area contributed by atoms with Gasteiger partial charge in [0.25, 0.3) is 0 Å². The lowest BCUT2D eigenvalue weighted by Crippen LogP contribution is -2.14. The molecule has 0 amide bonds. The van der Waals surface area contributed by atoms with Crippen molar-refractivity contribution in [3.63, 3.8) is 0 Å². The van der Waals surface area contributed by atoms with Crippen molar-refractivity contribution < 1.29 is 0 Å².